The molecule has 3 nitrogen and oxygen atoms in total. The van der Waals surface area contributed by atoms with Crippen LogP contribution in [0.4, 0.5) is 0 Å². The highest BCUT2D eigenvalue weighted by atomic mass is 15.0. The summed E-state index contributed by atoms with van der Waals surface area (Å²) in [5.41, 5.74) is 7.59. The quantitative estimate of drug-likeness (QED) is 0.876. The van der Waals surface area contributed by atoms with Gasteiger partial charge >= 0.3 is 0 Å². The average Bonchev–Trinajstić information content (AvgIpc) is 2.81. The fourth-order valence-electron chi connectivity index (χ4n) is 2.19. The van der Waals surface area contributed by atoms with E-state index in [0.717, 1.165) is 18.7 Å². The molecule has 0 aliphatic rings. The largest absolute Gasteiger partial charge is 0.338 e. The van der Waals surface area contributed by atoms with Crippen molar-refractivity contribution in [3.63, 3.8) is 0 Å². The van der Waals surface area contributed by atoms with Crippen LogP contribution in [0.15, 0.2) is 42.7 Å². The van der Waals surface area contributed by atoms with E-state index in [0.29, 0.717) is 5.92 Å². The number of hydrogen-bond acceptors (Lipinski definition) is 2. The molecule has 2 aromatic rings. The third kappa shape index (κ3) is 2.99. The molecule has 0 aliphatic heterocycles. The molecule has 18 heavy (non-hydrogen) atoms. The van der Waals surface area contributed by atoms with Crippen LogP contribution in [0.2, 0.25) is 0 Å². The zero-order chi connectivity index (χ0) is 13.0. The number of nitrogens with zero attached hydrogens (tertiary/aromatic N) is 2. The van der Waals surface area contributed by atoms with Crippen molar-refractivity contribution in [2.24, 2.45) is 12.8 Å². The van der Waals surface area contributed by atoms with E-state index in [-0.39, 0.29) is 6.04 Å². The van der Waals surface area contributed by atoms with E-state index in [1.165, 1.54) is 5.56 Å². The van der Waals surface area contributed by atoms with Crippen LogP contribution >= 0.6 is 0 Å². The highest BCUT2D eigenvalue weighted by molar-refractivity contribution is 5.20. The van der Waals surface area contributed by atoms with Gasteiger partial charge < -0.3 is 10.3 Å². The number of rotatable bonds is 5. The molecule has 1 heterocycles. The molecule has 2 unspecified atom stereocenters. The van der Waals surface area contributed by atoms with E-state index in [4.69, 9.17) is 5.73 Å². The smallest absolute Gasteiger partial charge is 0.108 e. The number of imidazole rings is 1. The van der Waals surface area contributed by atoms with Gasteiger partial charge in [0.15, 0.2) is 0 Å². The Kier molecular flexibility index (Phi) is 4.15. The summed E-state index contributed by atoms with van der Waals surface area (Å²) in [6, 6.07) is 10.6. The molecule has 1 aromatic heterocycles. The molecule has 0 radical (unpaired) electrons. The Morgan fingerprint density at radius 1 is 1.28 bits per heavy atom. The van der Waals surface area contributed by atoms with Crippen molar-refractivity contribution in [2.75, 3.05) is 0 Å². The first-order chi connectivity index (χ1) is 8.68. The van der Waals surface area contributed by atoms with Crippen LogP contribution in [0.5, 0.6) is 0 Å². The molecule has 2 atom stereocenters. The van der Waals surface area contributed by atoms with Crippen LogP contribution < -0.4 is 5.73 Å². The van der Waals surface area contributed by atoms with Crippen LogP contribution in [-0.2, 0) is 13.5 Å². The van der Waals surface area contributed by atoms with Crippen molar-refractivity contribution in [1.29, 1.82) is 0 Å². The fraction of sp³-hybridized carbons (Fsp3) is 0.400. The first-order valence-electron chi connectivity index (χ1n) is 6.45. The van der Waals surface area contributed by atoms with Crippen molar-refractivity contribution >= 4 is 0 Å². The predicted octanol–water partition coefficient (Wildman–Crippen LogP) is 2.48. The Labute approximate surface area is 109 Å². The molecule has 0 amide bonds. The standard InChI is InChI=1S/C15H21N3/c1-12(13-6-4-3-5-7-13)14(16)8-9-15-17-10-11-18(15)2/h3-7,10-12,14H,8-9,16H2,1-2H3. The van der Waals surface area contributed by atoms with Gasteiger partial charge in [-0.15, -0.1) is 0 Å². The van der Waals surface area contributed by atoms with Crippen LogP contribution in [0.3, 0.4) is 0 Å². The van der Waals surface area contributed by atoms with E-state index in [1.54, 1.807) is 0 Å². The van der Waals surface area contributed by atoms with Gasteiger partial charge in [0.2, 0.25) is 0 Å². The maximum atomic E-state index is 6.28. The fourth-order valence-corrected chi connectivity index (χ4v) is 2.19. The lowest BCUT2D eigenvalue weighted by Crippen LogP contribution is -2.27. The second-order valence-corrected chi connectivity index (χ2v) is 4.86. The Balaban J connectivity index is 1.92. The first-order valence-corrected chi connectivity index (χ1v) is 6.45. The molecular formula is C15H21N3. The highest BCUT2D eigenvalue weighted by Gasteiger charge is 2.15. The van der Waals surface area contributed by atoms with Gasteiger partial charge in [-0.3, -0.25) is 0 Å². The third-order valence-electron chi connectivity index (χ3n) is 3.59. The topological polar surface area (TPSA) is 43.8 Å². The second kappa shape index (κ2) is 5.83. The number of nitrogens with two attached hydrogens (primary N) is 1. The summed E-state index contributed by atoms with van der Waals surface area (Å²) in [6.45, 7) is 2.19. The van der Waals surface area contributed by atoms with Crippen molar-refractivity contribution in [3.8, 4) is 0 Å². The molecule has 2 N–H and O–H groups in total. The SMILES string of the molecule is CC(c1ccccc1)C(N)CCc1nccn1C. The van der Waals surface area contributed by atoms with Crippen LogP contribution in [0.1, 0.15) is 30.7 Å². The van der Waals surface area contributed by atoms with E-state index >= 15 is 0 Å². The van der Waals surface area contributed by atoms with Crippen LogP contribution in [0.25, 0.3) is 0 Å². The summed E-state index contributed by atoms with van der Waals surface area (Å²) in [6.07, 6.45) is 5.70. The maximum absolute atomic E-state index is 6.28. The maximum Gasteiger partial charge on any atom is 0.108 e. The van der Waals surface area contributed by atoms with Crippen LogP contribution in [-0.4, -0.2) is 15.6 Å². The normalized spacial score (nSPS) is 14.4. The van der Waals surface area contributed by atoms with Crippen molar-refractivity contribution in [3.05, 3.63) is 54.1 Å². The Morgan fingerprint density at radius 3 is 2.61 bits per heavy atom. The van der Waals surface area contributed by atoms with Crippen molar-refractivity contribution in [1.82, 2.24) is 9.55 Å². The van der Waals surface area contributed by atoms with Gasteiger partial charge in [0.05, 0.1) is 0 Å². The molecule has 0 aliphatic carbocycles. The lowest BCUT2D eigenvalue weighted by Gasteiger charge is -2.20. The molecular weight excluding hydrogens is 222 g/mol. The van der Waals surface area contributed by atoms with Gasteiger partial charge in [0.25, 0.3) is 0 Å². The number of aryl methyl sites for hydroxylation is 2. The summed E-state index contributed by atoms with van der Waals surface area (Å²) < 4.78 is 2.06. The highest BCUT2D eigenvalue weighted by Crippen LogP contribution is 2.20. The first kappa shape index (κ1) is 12.8. The summed E-state index contributed by atoms with van der Waals surface area (Å²) in [7, 11) is 2.02. The van der Waals surface area contributed by atoms with Gasteiger partial charge in [-0.1, -0.05) is 37.3 Å². The van der Waals surface area contributed by atoms with Crippen molar-refractivity contribution < 1.29 is 0 Å². The molecule has 0 saturated carbocycles. The number of hydrogen-bond donors (Lipinski definition) is 1. The van der Waals surface area contributed by atoms with E-state index < -0.39 is 0 Å². The zero-order valence-corrected chi connectivity index (χ0v) is 11.1. The van der Waals surface area contributed by atoms with E-state index in [1.807, 2.05) is 25.5 Å². The van der Waals surface area contributed by atoms with Gasteiger partial charge in [-0.2, -0.15) is 0 Å². The monoisotopic (exact) mass is 243 g/mol. The van der Waals surface area contributed by atoms with Gasteiger partial charge in [0.1, 0.15) is 5.82 Å². The molecule has 0 spiro atoms. The van der Waals surface area contributed by atoms with Crippen LogP contribution in [0, 0.1) is 0 Å². The summed E-state index contributed by atoms with van der Waals surface area (Å²) in [5.74, 6) is 1.48. The lowest BCUT2D eigenvalue weighted by molar-refractivity contribution is 0.518. The zero-order valence-electron chi connectivity index (χ0n) is 11.1. The summed E-state index contributed by atoms with van der Waals surface area (Å²) >= 11 is 0. The predicted molar refractivity (Wildman–Crippen MR) is 74.4 cm³/mol. The molecule has 2 rings (SSSR count). The molecule has 96 valence electrons. The molecule has 1 aromatic carbocycles. The van der Waals surface area contributed by atoms with Crippen molar-refractivity contribution in [2.45, 2.75) is 31.7 Å². The minimum atomic E-state index is 0.170. The molecule has 0 fully saturated rings. The Hall–Kier alpha value is -1.61. The average molecular weight is 243 g/mol. The second-order valence-electron chi connectivity index (χ2n) is 4.86. The number of aromatic nitrogens is 2. The molecule has 0 saturated heterocycles. The lowest BCUT2D eigenvalue weighted by atomic mass is 9.91. The molecule has 0 bridgehead atoms. The van der Waals surface area contributed by atoms with Gasteiger partial charge in [-0.05, 0) is 17.9 Å². The summed E-state index contributed by atoms with van der Waals surface area (Å²) in [5, 5.41) is 0. The Bertz CT molecular complexity index is 475. The van der Waals surface area contributed by atoms with Gasteiger partial charge in [-0.25, -0.2) is 4.98 Å². The van der Waals surface area contributed by atoms with E-state index in [2.05, 4.69) is 40.7 Å². The minimum absolute atomic E-state index is 0.170. The third-order valence-corrected chi connectivity index (χ3v) is 3.59. The minimum Gasteiger partial charge on any atom is -0.338 e. The Morgan fingerprint density at radius 2 is 2.00 bits per heavy atom. The van der Waals surface area contributed by atoms with Gasteiger partial charge in [0, 0.05) is 31.9 Å². The summed E-state index contributed by atoms with van der Waals surface area (Å²) in [4.78, 5) is 4.33. The number of benzene rings is 1. The molecule has 3 heteroatoms. The van der Waals surface area contributed by atoms with E-state index in [9.17, 15) is 0 Å².